The van der Waals surface area contributed by atoms with Crippen molar-refractivity contribution in [2.24, 2.45) is 11.1 Å². The van der Waals surface area contributed by atoms with Crippen molar-refractivity contribution < 1.29 is 14.3 Å². The first kappa shape index (κ1) is 12.6. The van der Waals surface area contributed by atoms with Crippen LogP contribution in [0.1, 0.15) is 27.2 Å². The van der Waals surface area contributed by atoms with Crippen LogP contribution in [0.3, 0.4) is 0 Å². The lowest BCUT2D eigenvalue weighted by atomic mass is 9.70. The topological polar surface area (TPSA) is 64.8 Å². The molecule has 2 aliphatic rings. The van der Waals surface area contributed by atoms with Crippen LogP contribution >= 0.6 is 0 Å². The van der Waals surface area contributed by atoms with Gasteiger partial charge in [0, 0.05) is 31.2 Å². The molecule has 2 heterocycles. The zero-order valence-electron chi connectivity index (χ0n) is 10.9. The van der Waals surface area contributed by atoms with E-state index in [9.17, 15) is 4.79 Å². The highest BCUT2D eigenvalue weighted by molar-refractivity contribution is 5.69. The van der Waals surface area contributed by atoms with E-state index in [0.29, 0.717) is 19.7 Å². The summed E-state index contributed by atoms with van der Waals surface area (Å²) in [7, 11) is 0. The lowest BCUT2D eigenvalue weighted by Gasteiger charge is -2.54. The number of ether oxygens (including phenoxy) is 2. The number of nitrogens with zero attached hydrogens (tertiary/aromatic N) is 1. The van der Waals surface area contributed by atoms with Crippen molar-refractivity contribution in [2.75, 3.05) is 26.3 Å². The van der Waals surface area contributed by atoms with Gasteiger partial charge >= 0.3 is 6.09 Å². The Labute approximate surface area is 102 Å². The minimum absolute atomic E-state index is 0.0370. The molecule has 0 radical (unpaired) electrons. The Morgan fingerprint density at radius 3 is 2.65 bits per heavy atom. The Hall–Kier alpha value is -0.810. The summed E-state index contributed by atoms with van der Waals surface area (Å²) in [4.78, 5) is 13.5. The van der Waals surface area contributed by atoms with Crippen LogP contribution in [0.15, 0.2) is 0 Å². The van der Waals surface area contributed by atoms with Crippen molar-refractivity contribution in [3.8, 4) is 0 Å². The van der Waals surface area contributed by atoms with Crippen LogP contribution in [0.25, 0.3) is 0 Å². The molecule has 2 rings (SSSR count). The van der Waals surface area contributed by atoms with E-state index in [1.165, 1.54) is 0 Å². The highest BCUT2D eigenvalue weighted by Gasteiger charge is 2.51. The number of nitrogens with two attached hydrogens (primary N) is 1. The first-order valence-electron chi connectivity index (χ1n) is 6.14. The van der Waals surface area contributed by atoms with Crippen LogP contribution in [0.2, 0.25) is 0 Å². The van der Waals surface area contributed by atoms with Crippen LogP contribution in [0, 0.1) is 5.41 Å². The van der Waals surface area contributed by atoms with E-state index in [1.807, 2.05) is 20.8 Å². The van der Waals surface area contributed by atoms with Crippen LogP contribution in [0.4, 0.5) is 4.79 Å². The summed E-state index contributed by atoms with van der Waals surface area (Å²) < 4.78 is 10.7. The quantitative estimate of drug-likeness (QED) is 0.687. The monoisotopic (exact) mass is 242 g/mol. The zero-order valence-corrected chi connectivity index (χ0v) is 10.9. The summed E-state index contributed by atoms with van der Waals surface area (Å²) in [5.41, 5.74) is 5.69. The molecule has 5 nitrogen and oxygen atoms in total. The van der Waals surface area contributed by atoms with Gasteiger partial charge in [-0.05, 0) is 27.2 Å². The molecule has 2 saturated heterocycles. The van der Waals surface area contributed by atoms with Gasteiger partial charge in [-0.15, -0.1) is 0 Å². The molecule has 1 atom stereocenters. The lowest BCUT2D eigenvalue weighted by Crippen LogP contribution is -2.68. The lowest BCUT2D eigenvalue weighted by molar-refractivity contribution is -0.0961. The molecule has 5 heteroatoms. The first-order valence-corrected chi connectivity index (χ1v) is 6.14. The van der Waals surface area contributed by atoms with Crippen molar-refractivity contribution in [1.82, 2.24) is 4.90 Å². The molecule has 0 saturated carbocycles. The fourth-order valence-corrected chi connectivity index (χ4v) is 2.41. The van der Waals surface area contributed by atoms with Gasteiger partial charge in [0.1, 0.15) is 5.60 Å². The van der Waals surface area contributed by atoms with Crippen LogP contribution < -0.4 is 5.73 Å². The van der Waals surface area contributed by atoms with Gasteiger partial charge in [0.2, 0.25) is 0 Å². The third kappa shape index (κ3) is 2.55. The molecule has 0 aliphatic carbocycles. The number of hydrogen-bond donors (Lipinski definition) is 1. The number of likely N-dealkylation sites (tertiary alicyclic amines) is 1. The first-order chi connectivity index (χ1) is 7.82. The van der Waals surface area contributed by atoms with Gasteiger partial charge in [-0.3, -0.25) is 0 Å². The summed E-state index contributed by atoms with van der Waals surface area (Å²) in [6, 6.07) is 0.0370. The summed E-state index contributed by atoms with van der Waals surface area (Å²) >= 11 is 0. The van der Waals surface area contributed by atoms with Crippen molar-refractivity contribution >= 4 is 6.09 Å². The van der Waals surface area contributed by atoms with Gasteiger partial charge in [-0.25, -0.2) is 4.79 Å². The summed E-state index contributed by atoms with van der Waals surface area (Å²) in [5.74, 6) is 0. The smallest absolute Gasteiger partial charge is 0.410 e. The molecule has 0 aromatic carbocycles. The molecule has 0 bridgehead atoms. The number of amides is 1. The van der Waals surface area contributed by atoms with E-state index in [0.717, 1.165) is 13.0 Å². The van der Waals surface area contributed by atoms with Crippen molar-refractivity contribution in [3.05, 3.63) is 0 Å². The molecule has 0 aromatic rings. The van der Waals surface area contributed by atoms with Gasteiger partial charge in [0.15, 0.2) is 0 Å². The predicted octanol–water partition coefficient (Wildman–Crippen LogP) is 0.971. The third-order valence-electron chi connectivity index (χ3n) is 3.49. The minimum Gasteiger partial charge on any atom is -0.444 e. The Morgan fingerprint density at radius 1 is 1.47 bits per heavy atom. The molecule has 2 N–H and O–H groups in total. The largest absolute Gasteiger partial charge is 0.444 e. The second kappa shape index (κ2) is 4.14. The maximum absolute atomic E-state index is 11.8. The molecule has 1 spiro atoms. The van der Waals surface area contributed by atoms with Crippen molar-refractivity contribution in [1.29, 1.82) is 0 Å². The van der Waals surface area contributed by atoms with E-state index in [-0.39, 0.29) is 17.6 Å². The maximum atomic E-state index is 11.8. The Morgan fingerprint density at radius 2 is 2.12 bits per heavy atom. The molecular formula is C12H22N2O3. The summed E-state index contributed by atoms with van der Waals surface area (Å²) in [5, 5.41) is 0. The highest BCUT2D eigenvalue weighted by Crippen LogP contribution is 2.39. The molecular weight excluding hydrogens is 220 g/mol. The SMILES string of the molecule is CC(C)(C)OC(=O)N1CC2(CCOCC2N)C1. The van der Waals surface area contributed by atoms with Crippen LogP contribution in [-0.4, -0.2) is 48.9 Å². The summed E-state index contributed by atoms with van der Waals surface area (Å²) in [6.07, 6.45) is 0.704. The Bertz CT molecular complexity index is 305. The van der Waals surface area contributed by atoms with E-state index >= 15 is 0 Å². The fourth-order valence-electron chi connectivity index (χ4n) is 2.41. The van der Waals surface area contributed by atoms with E-state index < -0.39 is 5.60 Å². The standard InChI is InChI=1S/C12H22N2O3/c1-11(2,3)17-10(15)14-7-12(8-14)4-5-16-6-9(12)13/h9H,4-8,13H2,1-3H3. The Kier molecular flexibility index (Phi) is 3.08. The van der Waals surface area contributed by atoms with Gasteiger partial charge in [-0.2, -0.15) is 0 Å². The molecule has 1 unspecified atom stereocenters. The molecule has 2 fully saturated rings. The molecule has 2 aliphatic heterocycles. The van der Waals surface area contributed by atoms with Crippen molar-refractivity contribution in [2.45, 2.75) is 38.8 Å². The average Bonchev–Trinajstić information content (AvgIpc) is 2.12. The number of rotatable bonds is 0. The van der Waals surface area contributed by atoms with Gasteiger partial charge in [0.25, 0.3) is 0 Å². The zero-order chi connectivity index (χ0) is 12.7. The number of hydrogen-bond acceptors (Lipinski definition) is 4. The second-order valence-electron chi connectivity index (χ2n) is 6.13. The van der Waals surface area contributed by atoms with Crippen LogP contribution in [-0.2, 0) is 9.47 Å². The molecule has 1 amide bonds. The highest BCUT2D eigenvalue weighted by atomic mass is 16.6. The molecule has 0 aromatic heterocycles. The third-order valence-corrected chi connectivity index (χ3v) is 3.49. The van der Waals surface area contributed by atoms with Crippen LogP contribution in [0.5, 0.6) is 0 Å². The average molecular weight is 242 g/mol. The van der Waals surface area contributed by atoms with Gasteiger partial charge in [-0.1, -0.05) is 0 Å². The second-order valence-corrected chi connectivity index (χ2v) is 6.13. The predicted molar refractivity (Wildman–Crippen MR) is 63.7 cm³/mol. The van der Waals surface area contributed by atoms with Crippen molar-refractivity contribution in [3.63, 3.8) is 0 Å². The van der Waals surface area contributed by atoms with E-state index in [2.05, 4.69) is 0 Å². The summed E-state index contributed by atoms with van der Waals surface area (Å²) in [6.45, 7) is 8.37. The molecule has 98 valence electrons. The van der Waals surface area contributed by atoms with Gasteiger partial charge < -0.3 is 20.1 Å². The fraction of sp³-hybridized carbons (Fsp3) is 0.917. The maximum Gasteiger partial charge on any atom is 0.410 e. The Balaban J connectivity index is 1.87. The van der Waals surface area contributed by atoms with Gasteiger partial charge in [0.05, 0.1) is 6.61 Å². The van der Waals surface area contributed by atoms with E-state index in [4.69, 9.17) is 15.2 Å². The number of carbonyl (C=O) groups excluding carboxylic acids is 1. The van der Waals surface area contributed by atoms with E-state index in [1.54, 1.807) is 4.90 Å². The minimum atomic E-state index is -0.433. The molecule has 17 heavy (non-hydrogen) atoms. The normalized spacial score (nSPS) is 27.8. The number of carbonyl (C=O) groups is 1.